The largest absolute Gasteiger partial charge is 0.508 e. The van der Waals surface area contributed by atoms with E-state index in [-0.39, 0.29) is 14.5 Å². The zero-order chi connectivity index (χ0) is 19.1. The van der Waals surface area contributed by atoms with Crippen LogP contribution in [-0.2, 0) is 12.8 Å². The van der Waals surface area contributed by atoms with E-state index in [1.807, 2.05) is 24.3 Å². The predicted octanol–water partition coefficient (Wildman–Crippen LogP) is 5.79. The molecule has 4 heteroatoms. The molecule has 0 atom stereocenters. The van der Waals surface area contributed by atoms with Crippen molar-refractivity contribution in [1.82, 2.24) is 0 Å². The molecule has 0 amide bonds. The van der Waals surface area contributed by atoms with Crippen LogP contribution in [0, 0.1) is 0 Å². The van der Waals surface area contributed by atoms with Crippen molar-refractivity contribution in [2.24, 2.45) is 0 Å². The maximum Gasteiger partial charge on any atom is 0.335 e. The number of carboxylic acid groups (broad SMARTS) is 1. The molecule has 0 unspecified atom stereocenters. The molecular formula is C22H29O3Si. The minimum absolute atomic E-state index is 0.250. The number of aromatic carboxylic acids is 1. The van der Waals surface area contributed by atoms with E-state index < -0.39 is 5.97 Å². The van der Waals surface area contributed by atoms with Crippen molar-refractivity contribution >= 4 is 14.8 Å². The lowest BCUT2D eigenvalue weighted by molar-refractivity contribution is 0.0695. The highest BCUT2D eigenvalue weighted by atomic mass is 28.3. The number of carboxylic acids is 1. The van der Waals surface area contributed by atoms with Crippen LogP contribution >= 0.6 is 0 Å². The van der Waals surface area contributed by atoms with Gasteiger partial charge in [-0.25, -0.2) is 4.79 Å². The fraction of sp³-hybridized carbons (Fsp3) is 0.409. The lowest BCUT2D eigenvalue weighted by atomic mass is 9.92. The van der Waals surface area contributed by atoms with Gasteiger partial charge in [0, 0.05) is 8.80 Å². The first-order chi connectivity index (χ1) is 12.4. The SMILES string of the molecule is CCCCc1cc(-c2ccc(O)cc2CCC[Si](C)C)ccc1C(=O)O. The normalized spacial score (nSPS) is 11.1. The Morgan fingerprint density at radius 1 is 1.00 bits per heavy atom. The van der Waals surface area contributed by atoms with Crippen LogP contribution < -0.4 is 0 Å². The van der Waals surface area contributed by atoms with Gasteiger partial charge in [0.2, 0.25) is 0 Å². The molecule has 1 radical (unpaired) electrons. The maximum absolute atomic E-state index is 11.5. The number of aromatic hydroxyl groups is 1. The van der Waals surface area contributed by atoms with E-state index in [9.17, 15) is 15.0 Å². The molecular weight excluding hydrogens is 340 g/mol. The van der Waals surface area contributed by atoms with Gasteiger partial charge in [0.1, 0.15) is 5.75 Å². The van der Waals surface area contributed by atoms with Crippen LogP contribution in [0.4, 0.5) is 0 Å². The van der Waals surface area contributed by atoms with Crippen molar-refractivity contribution in [3.8, 4) is 16.9 Å². The summed E-state index contributed by atoms with van der Waals surface area (Å²) in [6, 6.07) is 12.4. The van der Waals surface area contributed by atoms with Gasteiger partial charge in [-0.05, 0) is 59.7 Å². The van der Waals surface area contributed by atoms with Crippen LogP contribution in [0.25, 0.3) is 11.1 Å². The van der Waals surface area contributed by atoms with Crippen molar-refractivity contribution in [1.29, 1.82) is 0 Å². The fourth-order valence-electron chi connectivity index (χ4n) is 3.24. The molecule has 26 heavy (non-hydrogen) atoms. The summed E-state index contributed by atoms with van der Waals surface area (Å²) in [5, 5.41) is 19.4. The van der Waals surface area contributed by atoms with Crippen LogP contribution in [0.1, 0.15) is 47.7 Å². The molecule has 0 aromatic heterocycles. The van der Waals surface area contributed by atoms with Crippen LogP contribution in [0.5, 0.6) is 5.75 Å². The average molecular weight is 370 g/mol. The zero-order valence-corrected chi connectivity index (χ0v) is 17.0. The molecule has 139 valence electrons. The van der Waals surface area contributed by atoms with Gasteiger partial charge in [-0.15, -0.1) is 0 Å². The monoisotopic (exact) mass is 369 g/mol. The fourth-order valence-corrected chi connectivity index (χ4v) is 4.13. The van der Waals surface area contributed by atoms with Crippen molar-refractivity contribution in [2.75, 3.05) is 0 Å². The van der Waals surface area contributed by atoms with Crippen molar-refractivity contribution in [3.05, 3.63) is 53.1 Å². The Kier molecular flexibility index (Phi) is 7.46. The number of hydrogen-bond acceptors (Lipinski definition) is 2. The molecule has 0 fully saturated rings. The summed E-state index contributed by atoms with van der Waals surface area (Å²) in [6.45, 7) is 6.75. The second-order valence-electron chi connectivity index (χ2n) is 7.18. The van der Waals surface area contributed by atoms with E-state index in [0.717, 1.165) is 54.4 Å². The first kappa shape index (κ1) is 20.2. The molecule has 0 aliphatic carbocycles. The third-order valence-electron chi connectivity index (χ3n) is 4.66. The number of carbonyl (C=O) groups is 1. The molecule has 0 saturated carbocycles. The Morgan fingerprint density at radius 2 is 1.73 bits per heavy atom. The number of rotatable bonds is 9. The number of hydrogen-bond donors (Lipinski definition) is 2. The zero-order valence-electron chi connectivity index (χ0n) is 16.0. The average Bonchev–Trinajstić information content (AvgIpc) is 2.59. The van der Waals surface area contributed by atoms with Gasteiger partial charge in [-0.2, -0.15) is 0 Å². The van der Waals surface area contributed by atoms with E-state index in [2.05, 4.69) is 20.0 Å². The standard InChI is InChI=1S/C22H29O3Si/c1-4-5-7-16-14-18(9-11-21(16)22(24)25)20-12-10-19(23)15-17(20)8-6-13-26(2)3/h9-12,14-15,23H,4-8,13H2,1-3H3,(H,24,25). The van der Waals surface area contributed by atoms with Crippen LogP contribution in [-0.4, -0.2) is 25.0 Å². The molecule has 3 nitrogen and oxygen atoms in total. The number of unbranched alkanes of at least 4 members (excludes halogenated alkanes) is 1. The molecule has 0 aliphatic rings. The summed E-state index contributed by atoms with van der Waals surface area (Å²) in [5.74, 6) is -0.579. The van der Waals surface area contributed by atoms with E-state index in [0.29, 0.717) is 5.56 Å². The smallest absolute Gasteiger partial charge is 0.335 e. The van der Waals surface area contributed by atoms with Gasteiger partial charge in [0.15, 0.2) is 0 Å². The summed E-state index contributed by atoms with van der Waals surface area (Å²) in [6.07, 6.45) is 4.84. The van der Waals surface area contributed by atoms with Gasteiger partial charge < -0.3 is 10.2 Å². The van der Waals surface area contributed by atoms with E-state index >= 15 is 0 Å². The molecule has 0 spiro atoms. The Balaban J connectivity index is 2.38. The maximum atomic E-state index is 11.5. The quantitative estimate of drug-likeness (QED) is 0.550. The number of phenols is 1. The topological polar surface area (TPSA) is 57.5 Å². The van der Waals surface area contributed by atoms with Crippen LogP contribution in [0.2, 0.25) is 19.1 Å². The summed E-state index contributed by atoms with van der Waals surface area (Å²) < 4.78 is 0. The molecule has 0 saturated heterocycles. The predicted molar refractivity (Wildman–Crippen MR) is 110 cm³/mol. The molecule has 0 heterocycles. The minimum Gasteiger partial charge on any atom is -0.508 e. The van der Waals surface area contributed by atoms with Crippen molar-refractivity contribution < 1.29 is 15.0 Å². The minimum atomic E-state index is -0.867. The summed E-state index contributed by atoms with van der Waals surface area (Å²) in [5.41, 5.74) is 4.56. The first-order valence-electron chi connectivity index (χ1n) is 9.40. The summed E-state index contributed by atoms with van der Waals surface area (Å²) >= 11 is 0. The van der Waals surface area contributed by atoms with Crippen molar-refractivity contribution in [2.45, 2.75) is 58.2 Å². The molecule has 2 rings (SSSR count). The summed E-state index contributed by atoms with van der Waals surface area (Å²) in [7, 11) is -0.250. The Morgan fingerprint density at radius 3 is 2.38 bits per heavy atom. The molecule has 0 aliphatic heterocycles. The second-order valence-corrected chi connectivity index (χ2v) is 10.1. The van der Waals surface area contributed by atoms with E-state index in [1.165, 1.54) is 6.04 Å². The lowest BCUT2D eigenvalue weighted by Crippen LogP contribution is -2.03. The Bertz CT molecular complexity index is 753. The van der Waals surface area contributed by atoms with E-state index in [4.69, 9.17) is 0 Å². The van der Waals surface area contributed by atoms with Crippen LogP contribution in [0.3, 0.4) is 0 Å². The highest BCUT2D eigenvalue weighted by Crippen LogP contribution is 2.30. The molecule has 2 aromatic carbocycles. The van der Waals surface area contributed by atoms with Crippen molar-refractivity contribution in [3.63, 3.8) is 0 Å². The lowest BCUT2D eigenvalue weighted by Gasteiger charge is -2.14. The molecule has 0 bridgehead atoms. The van der Waals surface area contributed by atoms with Gasteiger partial charge in [-0.1, -0.05) is 57.1 Å². The number of phenolic OH excluding ortho intramolecular Hbond substituents is 1. The summed E-state index contributed by atoms with van der Waals surface area (Å²) in [4.78, 5) is 11.5. The Labute approximate surface area is 158 Å². The number of benzene rings is 2. The first-order valence-corrected chi connectivity index (χ1v) is 12.1. The number of aryl methyl sites for hydroxylation is 2. The third kappa shape index (κ3) is 5.46. The van der Waals surface area contributed by atoms with Gasteiger partial charge >= 0.3 is 5.97 Å². The second kappa shape index (κ2) is 9.58. The van der Waals surface area contributed by atoms with E-state index in [1.54, 1.807) is 12.1 Å². The van der Waals surface area contributed by atoms with Gasteiger partial charge in [0.05, 0.1) is 5.56 Å². The highest BCUT2D eigenvalue weighted by molar-refractivity contribution is 6.55. The molecule has 2 N–H and O–H groups in total. The van der Waals surface area contributed by atoms with Gasteiger partial charge in [0.25, 0.3) is 0 Å². The Hall–Kier alpha value is -2.07. The molecule has 2 aromatic rings. The highest BCUT2D eigenvalue weighted by Gasteiger charge is 2.13. The van der Waals surface area contributed by atoms with Crippen LogP contribution in [0.15, 0.2) is 36.4 Å². The van der Waals surface area contributed by atoms with Gasteiger partial charge in [-0.3, -0.25) is 0 Å². The third-order valence-corrected chi connectivity index (χ3v) is 6.01.